The summed E-state index contributed by atoms with van der Waals surface area (Å²) >= 11 is 0. The van der Waals surface area contributed by atoms with Crippen molar-refractivity contribution < 1.29 is 14.7 Å². The molecule has 0 amide bonds. The van der Waals surface area contributed by atoms with Gasteiger partial charge in [-0.3, -0.25) is 9.59 Å². The molecule has 0 aliphatic heterocycles. The highest BCUT2D eigenvalue weighted by Crippen LogP contribution is 2.76. The van der Waals surface area contributed by atoms with Crippen LogP contribution in [-0.2, 0) is 9.59 Å². The Balaban J connectivity index is 1.61. The van der Waals surface area contributed by atoms with E-state index in [2.05, 4.69) is 55.4 Å². The van der Waals surface area contributed by atoms with Gasteiger partial charge in [-0.05, 0) is 109 Å². The Labute approximate surface area is 201 Å². The van der Waals surface area contributed by atoms with Crippen LogP contribution in [0.3, 0.4) is 0 Å². The van der Waals surface area contributed by atoms with Crippen molar-refractivity contribution in [1.82, 2.24) is 0 Å². The van der Waals surface area contributed by atoms with Crippen LogP contribution in [0.5, 0.6) is 0 Å². The molecular weight excluding hydrogens is 408 g/mol. The molecular formula is C30H46O3. The number of allylic oxidation sites excluding steroid dienone is 2. The zero-order chi connectivity index (χ0) is 24.4. The largest absolute Gasteiger partial charge is 0.393 e. The average Bonchev–Trinajstić information content (AvgIpc) is 2.93. The molecule has 0 spiro atoms. The van der Waals surface area contributed by atoms with E-state index < -0.39 is 5.41 Å². The second kappa shape index (κ2) is 6.83. The highest BCUT2D eigenvalue weighted by atomic mass is 16.3. The van der Waals surface area contributed by atoms with E-state index in [-0.39, 0.29) is 45.2 Å². The van der Waals surface area contributed by atoms with Gasteiger partial charge in [0.15, 0.2) is 0 Å². The van der Waals surface area contributed by atoms with Gasteiger partial charge in [0.25, 0.3) is 0 Å². The van der Waals surface area contributed by atoms with Gasteiger partial charge >= 0.3 is 0 Å². The third kappa shape index (κ3) is 2.62. The van der Waals surface area contributed by atoms with E-state index in [0.717, 1.165) is 37.7 Å². The molecule has 0 aromatic heterocycles. The third-order valence-corrected chi connectivity index (χ3v) is 12.8. The minimum absolute atomic E-state index is 0.0329. The van der Waals surface area contributed by atoms with Crippen molar-refractivity contribution in [1.29, 1.82) is 0 Å². The fourth-order valence-electron chi connectivity index (χ4n) is 10.7. The normalized spacial score (nSPS) is 51.2. The third-order valence-electron chi connectivity index (χ3n) is 12.8. The first-order valence-electron chi connectivity index (χ1n) is 13.7. The van der Waals surface area contributed by atoms with Crippen molar-refractivity contribution in [2.75, 3.05) is 0 Å². The van der Waals surface area contributed by atoms with Crippen molar-refractivity contribution in [2.24, 2.45) is 50.7 Å². The maximum Gasteiger partial charge on any atom is 0.225 e. The standard InChI is InChI=1S/C30H46O3/c1-17(2)22-23-18-9-10-20-27(5)13-12-21(31)26(3,4)19(27)11-14-30(20,8)29(18,7)16-15-28(23,6)25(33)24(22)32/h17-21,31H,9-16H2,1-8H3/t18-,19+,20-,21+,27+,28-,29-,30-/m1/s1. The van der Waals surface area contributed by atoms with Crippen LogP contribution in [0.25, 0.3) is 0 Å². The summed E-state index contributed by atoms with van der Waals surface area (Å²) in [4.78, 5) is 26.4. The minimum atomic E-state index is -0.567. The number of ketones is 2. The predicted molar refractivity (Wildman–Crippen MR) is 131 cm³/mol. The first kappa shape index (κ1) is 23.8. The lowest BCUT2D eigenvalue weighted by molar-refractivity contribution is -0.227. The number of aliphatic hydroxyl groups excluding tert-OH is 1. The van der Waals surface area contributed by atoms with E-state index >= 15 is 0 Å². The molecule has 0 unspecified atom stereocenters. The lowest BCUT2D eigenvalue weighted by Crippen LogP contribution is -2.65. The molecule has 8 atom stereocenters. The Morgan fingerprint density at radius 2 is 1.45 bits per heavy atom. The maximum absolute atomic E-state index is 13.2. The lowest BCUT2D eigenvalue weighted by Gasteiger charge is -2.72. The molecule has 0 saturated heterocycles. The van der Waals surface area contributed by atoms with E-state index in [1.165, 1.54) is 24.8 Å². The zero-order valence-corrected chi connectivity index (χ0v) is 22.3. The molecule has 3 heteroatoms. The fourth-order valence-corrected chi connectivity index (χ4v) is 10.7. The van der Waals surface area contributed by atoms with Gasteiger partial charge in [0.1, 0.15) is 0 Å². The first-order valence-corrected chi connectivity index (χ1v) is 13.7. The molecule has 4 fully saturated rings. The highest BCUT2D eigenvalue weighted by Gasteiger charge is 2.70. The zero-order valence-electron chi connectivity index (χ0n) is 22.3. The Morgan fingerprint density at radius 1 is 0.788 bits per heavy atom. The van der Waals surface area contributed by atoms with Crippen molar-refractivity contribution in [2.45, 2.75) is 113 Å². The van der Waals surface area contributed by atoms with Gasteiger partial charge in [0.05, 0.1) is 11.5 Å². The Kier molecular flexibility index (Phi) is 4.92. The van der Waals surface area contributed by atoms with E-state index in [1.807, 2.05) is 0 Å². The number of hydrogen-bond acceptors (Lipinski definition) is 3. The fraction of sp³-hybridized carbons (Fsp3) is 0.867. The number of hydrogen-bond donors (Lipinski definition) is 1. The second-order valence-corrected chi connectivity index (χ2v) is 14.5. The summed E-state index contributed by atoms with van der Waals surface area (Å²) in [6.07, 6.45) is 8.37. The summed E-state index contributed by atoms with van der Waals surface area (Å²) in [5.41, 5.74) is 2.07. The lowest BCUT2D eigenvalue weighted by atomic mass is 9.33. The second-order valence-electron chi connectivity index (χ2n) is 14.5. The van der Waals surface area contributed by atoms with E-state index in [9.17, 15) is 14.7 Å². The van der Waals surface area contributed by atoms with Gasteiger partial charge in [0, 0.05) is 5.57 Å². The number of carbonyl (C=O) groups excluding carboxylic acids is 2. The smallest absolute Gasteiger partial charge is 0.225 e. The van der Waals surface area contributed by atoms with Crippen molar-refractivity contribution in [3.63, 3.8) is 0 Å². The Morgan fingerprint density at radius 3 is 2.09 bits per heavy atom. The molecule has 184 valence electrons. The SMILES string of the molecule is CC(C)C1=C2[C@H]3CC[C@@H]4[C@@]5(C)CC[C@H](O)C(C)(C)[C@@H]5CC[C@@]4(C)[C@]3(C)CC[C@@]2(C)C(=O)C1=O. The molecule has 33 heavy (non-hydrogen) atoms. The number of fused-ring (bicyclic) bond motifs is 7. The van der Waals surface area contributed by atoms with Crippen molar-refractivity contribution in [3.05, 3.63) is 11.1 Å². The van der Waals surface area contributed by atoms with Crippen LogP contribution >= 0.6 is 0 Å². The molecule has 5 aliphatic rings. The van der Waals surface area contributed by atoms with Crippen LogP contribution < -0.4 is 0 Å². The van der Waals surface area contributed by atoms with Crippen LogP contribution in [0.2, 0.25) is 0 Å². The van der Waals surface area contributed by atoms with Crippen LogP contribution in [0.15, 0.2) is 11.1 Å². The molecule has 1 N–H and O–H groups in total. The molecule has 4 saturated carbocycles. The predicted octanol–water partition coefficient (Wildman–Crippen LogP) is 6.53. The van der Waals surface area contributed by atoms with Gasteiger partial charge in [-0.25, -0.2) is 0 Å². The van der Waals surface area contributed by atoms with E-state index in [4.69, 9.17) is 0 Å². The number of aliphatic hydroxyl groups is 1. The summed E-state index contributed by atoms with van der Waals surface area (Å²) in [6.45, 7) is 18.5. The van der Waals surface area contributed by atoms with Crippen molar-refractivity contribution in [3.8, 4) is 0 Å². The quantitative estimate of drug-likeness (QED) is 0.458. The number of Topliss-reactive ketones (excluding diaryl/α,β-unsaturated/α-hetero) is 2. The molecule has 0 radical (unpaired) electrons. The molecule has 0 heterocycles. The van der Waals surface area contributed by atoms with Gasteiger partial charge < -0.3 is 5.11 Å². The topological polar surface area (TPSA) is 54.4 Å². The minimum Gasteiger partial charge on any atom is -0.393 e. The summed E-state index contributed by atoms with van der Waals surface area (Å²) in [7, 11) is 0. The highest BCUT2D eigenvalue weighted by molar-refractivity contribution is 6.48. The van der Waals surface area contributed by atoms with Crippen LogP contribution in [0, 0.1) is 50.7 Å². The molecule has 0 aromatic rings. The molecule has 0 bridgehead atoms. The average molecular weight is 455 g/mol. The molecule has 5 aliphatic carbocycles. The van der Waals surface area contributed by atoms with Crippen LogP contribution in [-0.4, -0.2) is 22.8 Å². The summed E-state index contributed by atoms with van der Waals surface area (Å²) in [6, 6.07) is 0. The molecule has 5 rings (SSSR count). The Hall–Kier alpha value is -0.960. The van der Waals surface area contributed by atoms with Gasteiger partial charge in [-0.15, -0.1) is 0 Å². The summed E-state index contributed by atoms with van der Waals surface area (Å²) in [5, 5.41) is 10.9. The van der Waals surface area contributed by atoms with Gasteiger partial charge in [-0.2, -0.15) is 0 Å². The molecule has 0 aromatic carbocycles. The van der Waals surface area contributed by atoms with Crippen LogP contribution in [0.4, 0.5) is 0 Å². The summed E-state index contributed by atoms with van der Waals surface area (Å²) < 4.78 is 0. The van der Waals surface area contributed by atoms with Gasteiger partial charge in [-0.1, -0.05) is 48.5 Å². The summed E-state index contributed by atoms with van der Waals surface area (Å²) in [5.74, 6) is 1.33. The monoisotopic (exact) mass is 454 g/mol. The Bertz CT molecular complexity index is 942. The van der Waals surface area contributed by atoms with Crippen LogP contribution in [0.1, 0.15) is 107 Å². The first-order chi connectivity index (χ1) is 15.2. The van der Waals surface area contributed by atoms with E-state index in [1.54, 1.807) is 0 Å². The van der Waals surface area contributed by atoms with E-state index in [0.29, 0.717) is 17.8 Å². The van der Waals surface area contributed by atoms with Gasteiger partial charge in [0.2, 0.25) is 11.6 Å². The number of carbonyl (C=O) groups is 2. The maximum atomic E-state index is 13.2. The number of rotatable bonds is 1. The van der Waals surface area contributed by atoms with Crippen molar-refractivity contribution >= 4 is 11.6 Å². The molecule has 3 nitrogen and oxygen atoms in total.